The van der Waals surface area contributed by atoms with E-state index in [1.807, 2.05) is 13.0 Å². The summed E-state index contributed by atoms with van der Waals surface area (Å²) in [6.07, 6.45) is 1.11. The quantitative estimate of drug-likeness (QED) is 0.786. The summed E-state index contributed by atoms with van der Waals surface area (Å²) in [6.45, 7) is 11.9. The topological polar surface area (TPSA) is 12.0 Å². The maximum Gasteiger partial charge on any atom is 0.123 e. The van der Waals surface area contributed by atoms with Crippen molar-refractivity contribution in [1.82, 2.24) is 5.32 Å². The highest BCUT2D eigenvalue weighted by atomic mass is 19.1. The van der Waals surface area contributed by atoms with Gasteiger partial charge in [-0.25, -0.2) is 4.39 Å². The molecule has 102 valence electrons. The number of nitrogens with one attached hydrogen (secondary N) is 1. The second-order valence-corrected chi connectivity index (χ2v) is 5.54. The summed E-state index contributed by atoms with van der Waals surface area (Å²) in [5, 5.41) is 3.60. The molecular formula is C16H26FN. The zero-order chi connectivity index (χ0) is 13.7. The molecule has 1 N–H and O–H groups in total. The first-order chi connectivity index (χ1) is 8.47. The lowest BCUT2D eigenvalue weighted by Gasteiger charge is -2.29. The van der Waals surface area contributed by atoms with Gasteiger partial charge in [0.05, 0.1) is 0 Å². The normalized spacial score (nSPS) is 14.8. The molecule has 1 aromatic rings. The third kappa shape index (κ3) is 3.81. The minimum Gasteiger partial charge on any atom is -0.310 e. The molecule has 1 aromatic carbocycles. The highest BCUT2D eigenvalue weighted by Crippen LogP contribution is 2.30. The van der Waals surface area contributed by atoms with Crippen molar-refractivity contribution in [2.75, 3.05) is 6.54 Å². The van der Waals surface area contributed by atoms with Crippen LogP contribution in [0.15, 0.2) is 18.2 Å². The van der Waals surface area contributed by atoms with E-state index < -0.39 is 0 Å². The predicted molar refractivity (Wildman–Crippen MR) is 76.2 cm³/mol. The van der Waals surface area contributed by atoms with E-state index in [1.54, 1.807) is 12.1 Å². The Morgan fingerprint density at radius 3 is 2.39 bits per heavy atom. The third-order valence-corrected chi connectivity index (χ3v) is 3.76. The van der Waals surface area contributed by atoms with Gasteiger partial charge in [0, 0.05) is 6.04 Å². The fourth-order valence-electron chi connectivity index (χ4n) is 2.25. The van der Waals surface area contributed by atoms with Crippen LogP contribution < -0.4 is 5.32 Å². The Balaban J connectivity index is 3.00. The van der Waals surface area contributed by atoms with Crippen LogP contribution in [-0.2, 0) is 0 Å². The molecule has 18 heavy (non-hydrogen) atoms. The SMILES string of the molecule is CCCNC(c1ccc(F)cc1C)C(C)C(C)C. The molecule has 1 nitrogen and oxygen atoms in total. The average molecular weight is 251 g/mol. The van der Waals surface area contributed by atoms with Crippen molar-refractivity contribution in [2.24, 2.45) is 11.8 Å². The molecule has 2 atom stereocenters. The molecule has 0 aliphatic heterocycles. The molecule has 0 spiro atoms. The fourth-order valence-corrected chi connectivity index (χ4v) is 2.25. The minimum atomic E-state index is -0.150. The summed E-state index contributed by atoms with van der Waals surface area (Å²) in [4.78, 5) is 0. The van der Waals surface area contributed by atoms with E-state index in [1.165, 1.54) is 5.56 Å². The molecule has 0 heterocycles. The van der Waals surface area contributed by atoms with Gasteiger partial charge in [0.2, 0.25) is 0 Å². The molecule has 0 fully saturated rings. The summed E-state index contributed by atoms with van der Waals surface area (Å²) in [5.74, 6) is 0.979. The number of rotatable bonds is 6. The molecule has 0 aliphatic carbocycles. The first-order valence-corrected chi connectivity index (χ1v) is 6.96. The lowest BCUT2D eigenvalue weighted by Crippen LogP contribution is -2.30. The summed E-state index contributed by atoms with van der Waals surface area (Å²) < 4.78 is 13.2. The van der Waals surface area contributed by atoms with Crippen LogP contribution in [0.25, 0.3) is 0 Å². The minimum absolute atomic E-state index is 0.150. The summed E-state index contributed by atoms with van der Waals surface area (Å²) >= 11 is 0. The summed E-state index contributed by atoms with van der Waals surface area (Å²) in [7, 11) is 0. The van der Waals surface area contributed by atoms with Gasteiger partial charge in [0.15, 0.2) is 0 Å². The number of benzene rings is 1. The van der Waals surface area contributed by atoms with Crippen molar-refractivity contribution < 1.29 is 4.39 Å². The van der Waals surface area contributed by atoms with Crippen LogP contribution in [-0.4, -0.2) is 6.54 Å². The monoisotopic (exact) mass is 251 g/mol. The van der Waals surface area contributed by atoms with Crippen molar-refractivity contribution in [3.05, 3.63) is 35.1 Å². The van der Waals surface area contributed by atoms with E-state index in [2.05, 4.69) is 33.0 Å². The molecular weight excluding hydrogens is 225 g/mol. The van der Waals surface area contributed by atoms with Crippen molar-refractivity contribution >= 4 is 0 Å². The number of hydrogen-bond donors (Lipinski definition) is 1. The second kappa shape index (κ2) is 6.89. The van der Waals surface area contributed by atoms with E-state index >= 15 is 0 Å². The standard InChI is InChI=1S/C16H26FN/c1-6-9-18-16(13(5)11(2)3)15-8-7-14(17)10-12(15)4/h7-8,10-11,13,16,18H,6,9H2,1-5H3. The molecule has 0 bridgehead atoms. The number of hydrogen-bond acceptors (Lipinski definition) is 1. The van der Waals surface area contributed by atoms with Crippen LogP contribution in [0.4, 0.5) is 4.39 Å². The zero-order valence-corrected chi connectivity index (χ0v) is 12.3. The van der Waals surface area contributed by atoms with E-state index in [4.69, 9.17) is 0 Å². The second-order valence-electron chi connectivity index (χ2n) is 5.54. The molecule has 0 amide bonds. The molecule has 2 heteroatoms. The maximum atomic E-state index is 13.2. The first-order valence-electron chi connectivity index (χ1n) is 6.96. The molecule has 1 rings (SSSR count). The van der Waals surface area contributed by atoms with Gasteiger partial charge in [-0.3, -0.25) is 0 Å². The zero-order valence-electron chi connectivity index (χ0n) is 12.3. The molecule has 0 saturated heterocycles. The van der Waals surface area contributed by atoms with Crippen molar-refractivity contribution in [3.63, 3.8) is 0 Å². The van der Waals surface area contributed by atoms with Crippen LogP contribution >= 0.6 is 0 Å². The van der Waals surface area contributed by atoms with E-state index in [0.717, 1.165) is 18.5 Å². The Hall–Kier alpha value is -0.890. The van der Waals surface area contributed by atoms with E-state index in [0.29, 0.717) is 17.9 Å². The first kappa shape index (κ1) is 15.2. The van der Waals surface area contributed by atoms with Gasteiger partial charge in [-0.15, -0.1) is 0 Å². The van der Waals surface area contributed by atoms with Crippen LogP contribution in [0, 0.1) is 24.6 Å². The number of aryl methyl sites for hydroxylation is 1. The van der Waals surface area contributed by atoms with Crippen molar-refractivity contribution in [1.29, 1.82) is 0 Å². The number of halogens is 1. The highest BCUT2D eigenvalue weighted by Gasteiger charge is 2.22. The molecule has 0 radical (unpaired) electrons. The van der Waals surface area contributed by atoms with Gasteiger partial charge >= 0.3 is 0 Å². The van der Waals surface area contributed by atoms with Crippen molar-refractivity contribution in [3.8, 4) is 0 Å². The predicted octanol–water partition coefficient (Wildman–Crippen LogP) is 4.47. The highest BCUT2D eigenvalue weighted by molar-refractivity contribution is 5.30. The lowest BCUT2D eigenvalue weighted by molar-refractivity contribution is 0.303. The third-order valence-electron chi connectivity index (χ3n) is 3.76. The smallest absolute Gasteiger partial charge is 0.123 e. The largest absolute Gasteiger partial charge is 0.310 e. The molecule has 0 saturated carbocycles. The average Bonchev–Trinajstić information content (AvgIpc) is 2.31. The van der Waals surface area contributed by atoms with E-state index in [9.17, 15) is 4.39 Å². The Morgan fingerprint density at radius 2 is 1.89 bits per heavy atom. The van der Waals surface area contributed by atoms with Crippen molar-refractivity contribution in [2.45, 2.75) is 47.1 Å². The van der Waals surface area contributed by atoms with Gasteiger partial charge in [-0.05, 0) is 55.0 Å². The van der Waals surface area contributed by atoms with Gasteiger partial charge in [-0.1, -0.05) is 33.8 Å². The Bertz CT molecular complexity index is 373. The van der Waals surface area contributed by atoms with E-state index in [-0.39, 0.29) is 5.82 Å². The van der Waals surface area contributed by atoms with Crippen LogP contribution in [0.3, 0.4) is 0 Å². The molecule has 0 aromatic heterocycles. The fraction of sp³-hybridized carbons (Fsp3) is 0.625. The summed E-state index contributed by atoms with van der Waals surface area (Å²) in [5.41, 5.74) is 2.27. The van der Waals surface area contributed by atoms with Gasteiger partial charge < -0.3 is 5.32 Å². The lowest BCUT2D eigenvalue weighted by atomic mass is 9.84. The maximum absolute atomic E-state index is 13.2. The van der Waals surface area contributed by atoms with Gasteiger partial charge in [-0.2, -0.15) is 0 Å². The molecule has 2 unspecified atom stereocenters. The van der Waals surface area contributed by atoms with Gasteiger partial charge in [0.1, 0.15) is 5.82 Å². The Kier molecular flexibility index (Phi) is 5.80. The van der Waals surface area contributed by atoms with Gasteiger partial charge in [0.25, 0.3) is 0 Å². The Morgan fingerprint density at radius 1 is 1.22 bits per heavy atom. The Labute approximate surface area is 111 Å². The van der Waals surface area contributed by atoms with Crippen LogP contribution in [0.5, 0.6) is 0 Å². The summed E-state index contributed by atoms with van der Waals surface area (Å²) in [6, 6.07) is 5.43. The van der Waals surface area contributed by atoms with Crippen LogP contribution in [0.1, 0.15) is 51.3 Å². The molecule has 0 aliphatic rings. The van der Waals surface area contributed by atoms with Crippen LogP contribution in [0.2, 0.25) is 0 Å².